The van der Waals surface area contributed by atoms with Crippen molar-refractivity contribution in [3.63, 3.8) is 0 Å². The summed E-state index contributed by atoms with van der Waals surface area (Å²) in [7, 11) is -2.33. The molecule has 0 spiro atoms. The number of benzene rings is 2. The predicted octanol–water partition coefficient (Wildman–Crippen LogP) is 3.11. The van der Waals surface area contributed by atoms with E-state index >= 15 is 0 Å². The smallest absolute Gasteiger partial charge is 0.243 e. The van der Waals surface area contributed by atoms with Crippen molar-refractivity contribution < 1.29 is 17.9 Å². The second-order valence-corrected chi connectivity index (χ2v) is 8.70. The van der Waals surface area contributed by atoms with Gasteiger partial charge in [-0.05, 0) is 49.6 Å². The molecule has 7 heteroatoms. The van der Waals surface area contributed by atoms with Crippen LogP contribution in [0.25, 0.3) is 0 Å². The largest absolute Gasteiger partial charge is 0.496 e. The van der Waals surface area contributed by atoms with E-state index in [1.165, 1.54) is 17.5 Å². The Labute approximate surface area is 167 Å². The summed E-state index contributed by atoms with van der Waals surface area (Å²) in [6, 6.07) is 13.9. The summed E-state index contributed by atoms with van der Waals surface area (Å²) in [6.07, 6.45) is 0.773. The molecule has 2 aromatic rings. The molecule has 0 heterocycles. The van der Waals surface area contributed by atoms with E-state index in [-0.39, 0.29) is 29.9 Å². The molecule has 152 valence electrons. The molecule has 2 rings (SSSR count). The predicted molar refractivity (Wildman–Crippen MR) is 110 cm³/mol. The molecular formula is C21H28N2O4S. The van der Waals surface area contributed by atoms with E-state index < -0.39 is 10.0 Å². The van der Waals surface area contributed by atoms with E-state index in [9.17, 15) is 13.2 Å². The van der Waals surface area contributed by atoms with Gasteiger partial charge in [-0.2, -0.15) is 4.31 Å². The second-order valence-electron chi connectivity index (χ2n) is 6.77. The number of ether oxygens (including phenoxy) is 1. The van der Waals surface area contributed by atoms with E-state index in [0.717, 1.165) is 12.0 Å². The standard InChI is InChI=1S/C21H28N2O4S/c1-5-17(3)22-21(24)15-23(14-18-9-7-6-8-10-18)28(25,26)19-11-12-20(27-4)16(2)13-19/h6-13,17H,5,14-15H2,1-4H3,(H,22,24). The molecule has 0 radical (unpaired) electrons. The molecule has 0 aliphatic carbocycles. The molecule has 2 aromatic carbocycles. The number of amides is 1. The number of hydrogen-bond donors (Lipinski definition) is 1. The first-order valence-corrected chi connectivity index (χ1v) is 10.7. The first-order valence-electron chi connectivity index (χ1n) is 9.26. The van der Waals surface area contributed by atoms with Gasteiger partial charge in [0.2, 0.25) is 15.9 Å². The lowest BCUT2D eigenvalue weighted by Crippen LogP contribution is -2.43. The molecule has 6 nitrogen and oxygen atoms in total. The van der Waals surface area contributed by atoms with Crippen molar-refractivity contribution in [2.24, 2.45) is 0 Å². The number of rotatable bonds is 9. The van der Waals surface area contributed by atoms with Gasteiger partial charge in [0, 0.05) is 12.6 Å². The molecule has 0 aliphatic rings. The average molecular weight is 405 g/mol. The van der Waals surface area contributed by atoms with Crippen molar-refractivity contribution in [3.05, 3.63) is 59.7 Å². The maximum atomic E-state index is 13.3. The quantitative estimate of drug-likeness (QED) is 0.697. The van der Waals surface area contributed by atoms with Crippen LogP contribution in [-0.2, 0) is 21.4 Å². The Morgan fingerprint density at radius 3 is 2.43 bits per heavy atom. The van der Waals surface area contributed by atoms with E-state index in [4.69, 9.17) is 4.74 Å². The van der Waals surface area contributed by atoms with Gasteiger partial charge >= 0.3 is 0 Å². The number of carbonyl (C=O) groups is 1. The Morgan fingerprint density at radius 1 is 1.18 bits per heavy atom. The maximum absolute atomic E-state index is 13.3. The van der Waals surface area contributed by atoms with Crippen molar-refractivity contribution in [1.29, 1.82) is 0 Å². The topological polar surface area (TPSA) is 75.7 Å². The summed E-state index contributed by atoms with van der Waals surface area (Å²) in [6.45, 7) is 5.51. The highest BCUT2D eigenvalue weighted by Crippen LogP contribution is 2.24. The summed E-state index contributed by atoms with van der Waals surface area (Å²) < 4.78 is 33.0. The zero-order valence-electron chi connectivity index (χ0n) is 16.8. The van der Waals surface area contributed by atoms with Crippen LogP contribution in [0.5, 0.6) is 5.75 Å². The molecule has 1 unspecified atom stereocenters. The fourth-order valence-corrected chi connectivity index (χ4v) is 4.23. The molecular weight excluding hydrogens is 376 g/mol. The van der Waals surface area contributed by atoms with Crippen LogP contribution in [0.3, 0.4) is 0 Å². The molecule has 0 bridgehead atoms. The highest BCUT2D eigenvalue weighted by atomic mass is 32.2. The van der Waals surface area contributed by atoms with Crippen LogP contribution in [0, 0.1) is 6.92 Å². The summed E-state index contributed by atoms with van der Waals surface area (Å²) in [5, 5.41) is 2.83. The zero-order valence-corrected chi connectivity index (χ0v) is 17.6. The fourth-order valence-electron chi connectivity index (χ4n) is 2.76. The Morgan fingerprint density at radius 2 is 1.86 bits per heavy atom. The third-order valence-electron chi connectivity index (χ3n) is 4.55. The number of nitrogens with zero attached hydrogens (tertiary/aromatic N) is 1. The number of methoxy groups -OCH3 is 1. The molecule has 1 amide bonds. The normalized spacial score (nSPS) is 12.6. The van der Waals surface area contributed by atoms with E-state index in [2.05, 4.69) is 5.32 Å². The SMILES string of the molecule is CCC(C)NC(=O)CN(Cc1ccccc1)S(=O)(=O)c1ccc(OC)c(C)c1. The third kappa shape index (κ3) is 5.56. The lowest BCUT2D eigenvalue weighted by atomic mass is 10.2. The van der Waals surface area contributed by atoms with Gasteiger partial charge in [0.25, 0.3) is 0 Å². The summed E-state index contributed by atoms with van der Waals surface area (Å²) in [5.74, 6) is 0.294. The van der Waals surface area contributed by atoms with Gasteiger partial charge < -0.3 is 10.1 Å². The van der Waals surface area contributed by atoms with Crippen LogP contribution in [0.1, 0.15) is 31.4 Å². The summed E-state index contributed by atoms with van der Waals surface area (Å²) >= 11 is 0. The highest BCUT2D eigenvalue weighted by Gasteiger charge is 2.27. The third-order valence-corrected chi connectivity index (χ3v) is 6.33. The van der Waals surface area contributed by atoms with Crippen molar-refractivity contribution in [3.8, 4) is 5.75 Å². The van der Waals surface area contributed by atoms with Gasteiger partial charge in [0.15, 0.2) is 0 Å². The van der Waals surface area contributed by atoms with Gasteiger partial charge in [-0.3, -0.25) is 4.79 Å². The molecule has 0 aliphatic heterocycles. The number of carbonyl (C=O) groups excluding carboxylic acids is 1. The van der Waals surface area contributed by atoms with Crippen molar-refractivity contribution >= 4 is 15.9 Å². The molecule has 1 atom stereocenters. The Bertz CT molecular complexity index is 898. The number of nitrogens with one attached hydrogen (secondary N) is 1. The first kappa shape index (κ1) is 21.9. The van der Waals surface area contributed by atoms with Gasteiger partial charge in [-0.15, -0.1) is 0 Å². The van der Waals surface area contributed by atoms with Crippen LogP contribution >= 0.6 is 0 Å². The van der Waals surface area contributed by atoms with Gasteiger partial charge in [-0.25, -0.2) is 8.42 Å². The maximum Gasteiger partial charge on any atom is 0.243 e. The van der Waals surface area contributed by atoms with Crippen LogP contribution in [0.2, 0.25) is 0 Å². The Hall–Kier alpha value is -2.38. The van der Waals surface area contributed by atoms with E-state index in [1.54, 1.807) is 19.1 Å². The van der Waals surface area contributed by atoms with Crippen LogP contribution < -0.4 is 10.1 Å². The Balaban J connectivity index is 2.35. The fraction of sp³-hybridized carbons (Fsp3) is 0.381. The van der Waals surface area contributed by atoms with Crippen molar-refractivity contribution in [2.75, 3.05) is 13.7 Å². The van der Waals surface area contributed by atoms with E-state index in [0.29, 0.717) is 11.3 Å². The number of hydrogen-bond acceptors (Lipinski definition) is 4. The molecule has 0 saturated carbocycles. The average Bonchev–Trinajstić information content (AvgIpc) is 2.68. The Kier molecular flexibility index (Phi) is 7.60. The highest BCUT2D eigenvalue weighted by molar-refractivity contribution is 7.89. The minimum atomic E-state index is -3.87. The number of sulfonamides is 1. The minimum absolute atomic E-state index is 0.0167. The lowest BCUT2D eigenvalue weighted by molar-refractivity contribution is -0.122. The zero-order chi connectivity index (χ0) is 20.7. The van der Waals surface area contributed by atoms with Crippen LogP contribution in [0.15, 0.2) is 53.4 Å². The summed E-state index contributed by atoms with van der Waals surface area (Å²) in [5.41, 5.74) is 1.53. The molecule has 1 N–H and O–H groups in total. The first-order chi connectivity index (χ1) is 13.3. The number of aryl methyl sites for hydroxylation is 1. The van der Waals surface area contributed by atoms with Crippen LogP contribution in [0.4, 0.5) is 0 Å². The van der Waals surface area contributed by atoms with Gasteiger partial charge in [0.1, 0.15) is 5.75 Å². The molecule has 0 aromatic heterocycles. The monoisotopic (exact) mass is 404 g/mol. The molecule has 28 heavy (non-hydrogen) atoms. The van der Waals surface area contributed by atoms with E-state index in [1.807, 2.05) is 44.2 Å². The second kappa shape index (κ2) is 9.71. The molecule has 0 saturated heterocycles. The minimum Gasteiger partial charge on any atom is -0.496 e. The molecule has 0 fully saturated rings. The lowest BCUT2D eigenvalue weighted by Gasteiger charge is -2.23. The van der Waals surface area contributed by atoms with Crippen molar-refractivity contribution in [2.45, 2.75) is 44.7 Å². The van der Waals surface area contributed by atoms with Crippen LogP contribution in [-0.4, -0.2) is 38.3 Å². The summed E-state index contributed by atoms with van der Waals surface area (Å²) in [4.78, 5) is 12.6. The van der Waals surface area contributed by atoms with Crippen molar-refractivity contribution in [1.82, 2.24) is 9.62 Å². The van der Waals surface area contributed by atoms with Gasteiger partial charge in [-0.1, -0.05) is 37.3 Å². The van der Waals surface area contributed by atoms with Gasteiger partial charge in [0.05, 0.1) is 18.6 Å².